The van der Waals surface area contributed by atoms with E-state index in [1.165, 1.54) is 6.07 Å². The summed E-state index contributed by atoms with van der Waals surface area (Å²) in [6.07, 6.45) is 1.87. The van der Waals surface area contributed by atoms with Crippen LogP contribution >= 0.6 is 0 Å². The largest absolute Gasteiger partial charge is 0.489 e. The van der Waals surface area contributed by atoms with Gasteiger partial charge in [0.05, 0.1) is 17.9 Å². The molecule has 0 spiro atoms. The van der Waals surface area contributed by atoms with Crippen molar-refractivity contribution < 1.29 is 23.5 Å². The molecule has 8 nitrogen and oxygen atoms in total. The minimum atomic E-state index is -0.677. The Bertz CT molecular complexity index is 1450. The van der Waals surface area contributed by atoms with Crippen molar-refractivity contribution in [3.8, 4) is 22.8 Å². The molecule has 0 radical (unpaired) electrons. The van der Waals surface area contributed by atoms with Crippen molar-refractivity contribution in [2.45, 2.75) is 0 Å². The minimum Gasteiger partial charge on any atom is -0.489 e. The summed E-state index contributed by atoms with van der Waals surface area (Å²) >= 11 is 0. The predicted octanol–water partition coefficient (Wildman–Crippen LogP) is 3.62. The number of aromatic nitrogens is 2. The highest BCUT2D eigenvalue weighted by Crippen LogP contribution is 2.35. The fourth-order valence-electron chi connectivity index (χ4n) is 4.38. The lowest BCUT2D eigenvalue weighted by Crippen LogP contribution is -2.52. The lowest BCUT2D eigenvalue weighted by Gasteiger charge is -2.39. The maximum Gasteiger partial charge on any atom is 0.262 e. The molecule has 2 aliphatic rings. The molecule has 1 saturated heterocycles. The Morgan fingerprint density at radius 1 is 1.14 bits per heavy atom. The summed E-state index contributed by atoms with van der Waals surface area (Å²) in [6.45, 7) is 1.11. The molecule has 6 rings (SSSR count). The quantitative estimate of drug-likeness (QED) is 0.480. The van der Waals surface area contributed by atoms with E-state index >= 15 is 0 Å². The number of amides is 2. The Morgan fingerprint density at radius 3 is 2.77 bits per heavy atom. The molecule has 2 aromatic carbocycles. The van der Waals surface area contributed by atoms with E-state index in [4.69, 9.17) is 9.47 Å². The standard InChI is InChI=1S/C26H21FN4O4/c27-19-11-22-20(28-23(32)15-34-22)10-18(19)26(33)30-12-16(13-30)14-35-25-21-8-4-5-9-31(21)29-24(25)17-6-2-1-3-7-17/h1-11,16H,12-15H2,(H,28,32). The second-order valence-electron chi connectivity index (χ2n) is 8.63. The third-order valence-corrected chi connectivity index (χ3v) is 6.18. The number of fused-ring (bicyclic) bond motifs is 2. The molecule has 176 valence electrons. The first-order chi connectivity index (χ1) is 17.1. The molecule has 0 saturated carbocycles. The molecule has 35 heavy (non-hydrogen) atoms. The van der Waals surface area contributed by atoms with E-state index in [0.717, 1.165) is 22.8 Å². The van der Waals surface area contributed by atoms with Gasteiger partial charge in [0, 0.05) is 36.8 Å². The van der Waals surface area contributed by atoms with Crippen LogP contribution in [0.15, 0.2) is 66.9 Å². The number of nitrogens with zero attached hydrogens (tertiary/aromatic N) is 3. The maximum absolute atomic E-state index is 14.6. The van der Waals surface area contributed by atoms with Gasteiger partial charge in [-0.3, -0.25) is 9.59 Å². The lowest BCUT2D eigenvalue weighted by molar-refractivity contribution is -0.118. The van der Waals surface area contributed by atoms with E-state index in [9.17, 15) is 14.0 Å². The topological polar surface area (TPSA) is 85.2 Å². The summed E-state index contributed by atoms with van der Waals surface area (Å²) in [6, 6.07) is 18.1. The van der Waals surface area contributed by atoms with Crippen LogP contribution in [0.25, 0.3) is 16.8 Å². The molecule has 1 N–H and O–H groups in total. The summed E-state index contributed by atoms with van der Waals surface area (Å²) in [5.41, 5.74) is 2.77. The second-order valence-corrected chi connectivity index (χ2v) is 8.63. The number of hydrogen-bond donors (Lipinski definition) is 1. The van der Waals surface area contributed by atoms with Crippen molar-refractivity contribution in [2.24, 2.45) is 5.92 Å². The van der Waals surface area contributed by atoms with Crippen LogP contribution in [0.4, 0.5) is 10.1 Å². The molecule has 1 fully saturated rings. The maximum atomic E-state index is 14.6. The van der Waals surface area contributed by atoms with Crippen LogP contribution in [0, 0.1) is 11.7 Å². The zero-order valence-electron chi connectivity index (χ0n) is 18.6. The Balaban J connectivity index is 1.15. The van der Waals surface area contributed by atoms with Gasteiger partial charge in [0.1, 0.15) is 22.8 Å². The van der Waals surface area contributed by atoms with Crippen molar-refractivity contribution in [2.75, 3.05) is 31.6 Å². The highest BCUT2D eigenvalue weighted by atomic mass is 19.1. The zero-order valence-corrected chi connectivity index (χ0v) is 18.6. The van der Waals surface area contributed by atoms with Crippen LogP contribution in [-0.2, 0) is 4.79 Å². The van der Waals surface area contributed by atoms with Crippen LogP contribution < -0.4 is 14.8 Å². The van der Waals surface area contributed by atoms with Crippen molar-refractivity contribution >= 4 is 23.0 Å². The molecule has 2 aliphatic heterocycles. The summed E-state index contributed by atoms with van der Waals surface area (Å²) in [5, 5.41) is 7.29. The van der Waals surface area contributed by atoms with E-state index in [1.807, 2.05) is 54.7 Å². The van der Waals surface area contributed by atoms with Crippen molar-refractivity contribution in [3.63, 3.8) is 0 Å². The Labute approximate surface area is 199 Å². The van der Waals surface area contributed by atoms with Crippen LogP contribution in [0.3, 0.4) is 0 Å². The van der Waals surface area contributed by atoms with E-state index in [2.05, 4.69) is 10.4 Å². The van der Waals surface area contributed by atoms with Crippen molar-refractivity contribution in [3.05, 3.63) is 78.2 Å². The molecular weight excluding hydrogens is 451 g/mol. The summed E-state index contributed by atoms with van der Waals surface area (Å²) in [7, 11) is 0. The van der Waals surface area contributed by atoms with Gasteiger partial charge in [-0.25, -0.2) is 8.91 Å². The number of likely N-dealkylation sites (tertiary alicyclic amines) is 1. The third-order valence-electron chi connectivity index (χ3n) is 6.18. The Hall–Kier alpha value is -4.40. The summed E-state index contributed by atoms with van der Waals surface area (Å²) < 4.78 is 27.8. The Morgan fingerprint density at radius 2 is 1.94 bits per heavy atom. The Kier molecular flexibility index (Phi) is 5.09. The molecule has 0 bridgehead atoms. The van der Waals surface area contributed by atoms with Crippen molar-refractivity contribution in [1.82, 2.24) is 14.5 Å². The highest BCUT2D eigenvalue weighted by molar-refractivity contribution is 6.00. The van der Waals surface area contributed by atoms with Gasteiger partial charge in [0.15, 0.2) is 12.4 Å². The zero-order chi connectivity index (χ0) is 23.9. The number of pyridine rings is 1. The fraction of sp³-hybridized carbons (Fsp3) is 0.192. The van der Waals surface area contributed by atoms with E-state index in [0.29, 0.717) is 31.1 Å². The molecular formula is C26H21FN4O4. The molecule has 4 aromatic rings. The number of nitrogens with one attached hydrogen (secondary N) is 1. The number of rotatable bonds is 5. The molecule has 0 unspecified atom stereocenters. The van der Waals surface area contributed by atoms with Crippen LogP contribution in [0.5, 0.6) is 11.5 Å². The monoisotopic (exact) mass is 472 g/mol. The number of anilines is 1. The second kappa shape index (κ2) is 8.43. The molecule has 2 aromatic heterocycles. The van der Waals surface area contributed by atoms with Gasteiger partial charge in [-0.2, -0.15) is 5.10 Å². The normalized spacial score (nSPS) is 15.2. The third kappa shape index (κ3) is 3.84. The number of ether oxygens (including phenoxy) is 2. The van der Waals surface area contributed by atoms with Gasteiger partial charge in [0.2, 0.25) is 0 Å². The van der Waals surface area contributed by atoms with Gasteiger partial charge in [-0.05, 0) is 18.2 Å². The minimum absolute atomic E-state index is 0.0945. The first-order valence-corrected chi connectivity index (χ1v) is 11.3. The summed E-state index contributed by atoms with van der Waals surface area (Å²) in [5.74, 6) is -0.434. The first-order valence-electron chi connectivity index (χ1n) is 11.3. The van der Waals surface area contributed by atoms with E-state index in [-0.39, 0.29) is 29.7 Å². The first kappa shape index (κ1) is 21.2. The van der Waals surface area contributed by atoms with Crippen LogP contribution in [0.2, 0.25) is 0 Å². The molecule has 4 heterocycles. The number of halogens is 1. The lowest BCUT2D eigenvalue weighted by atomic mass is 9.99. The van der Waals surface area contributed by atoms with Gasteiger partial charge in [0.25, 0.3) is 11.8 Å². The predicted molar refractivity (Wildman–Crippen MR) is 126 cm³/mol. The SMILES string of the molecule is O=C1COc2cc(F)c(C(=O)N3CC(COc4c(-c5ccccc5)nn5ccccc45)C3)cc2N1. The van der Waals surface area contributed by atoms with Gasteiger partial charge in [-0.1, -0.05) is 36.4 Å². The van der Waals surface area contributed by atoms with Gasteiger partial charge < -0.3 is 19.7 Å². The van der Waals surface area contributed by atoms with Crippen LogP contribution in [-0.4, -0.2) is 52.6 Å². The number of benzene rings is 2. The number of hydrogen-bond acceptors (Lipinski definition) is 5. The van der Waals surface area contributed by atoms with Crippen LogP contribution in [0.1, 0.15) is 10.4 Å². The van der Waals surface area contributed by atoms with E-state index < -0.39 is 11.7 Å². The van der Waals surface area contributed by atoms with E-state index in [1.54, 1.807) is 9.42 Å². The molecule has 9 heteroatoms. The number of carbonyl (C=O) groups is 2. The smallest absolute Gasteiger partial charge is 0.262 e. The average Bonchev–Trinajstić information content (AvgIpc) is 3.22. The molecule has 0 atom stereocenters. The molecule has 0 aliphatic carbocycles. The van der Waals surface area contributed by atoms with Gasteiger partial charge in [-0.15, -0.1) is 0 Å². The fourth-order valence-corrected chi connectivity index (χ4v) is 4.38. The highest BCUT2D eigenvalue weighted by Gasteiger charge is 2.34. The molecule has 2 amide bonds. The summed E-state index contributed by atoms with van der Waals surface area (Å²) in [4.78, 5) is 26.0. The van der Waals surface area contributed by atoms with Gasteiger partial charge >= 0.3 is 0 Å². The average molecular weight is 472 g/mol. The van der Waals surface area contributed by atoms with Crippen molar-refractivity contribution in [1.29, 1.82) is 0 Å². The number of carbonyl (C=O) groups excluding carboxylic acids is 2.